The molecule has 2 rings (SSSR count). The molecule has 0 saturated carbocycles. The summed E-state index contributed by atoms with van der Waals surface area (Å²) in [6.07, 6.45) is 0. The number of sulfonamides is 1. The van der Waals surface area contributed by atoms with Crippen molar-refractivity contribution in [3.05, 3.63) is 59.4 Å². The molecule has 0 aromatic heterocycles. The Morgan fingerprint density at radius 3 is 2.40 bits per heavy atom. The van der Waals surface area contributed by atoms with Crippen LogP contribution in [0.5, 0.6) is 0 Å². The van der Waals surface area contributed by atoms with Gasteiger partial charge in [0, 0.05) is 12.2 Å². The van der Waals surface area contributed by atoms with Gasteiger partial charge >= 0.3 is 0 Å². The zero-order valence-corrected chi connectivity index (χ0v) is 11.7. The third-order valence-electron chi connectivity index (χ3n) is 2.90. The van der Waals surface area contributed by atoms with Crippen molar-refractivity contribution in [2.24, 2.45) is 0 Å². The monoisotopic (exact) mass is 294 g/mol. The number of aryl methyl sites for hydroxylation is 1. The number of hydrogen-bond donors (Lipinski definition) is 2. The van der Waals surface area contributed by atoms with Crippen molar-refractivity contribution < 1.29 is 12.8 Å². The zero-order valence-electron chi connectivity index (χ0n) is 10.9. The van der Waals surface area contributed by atoms with E-state index >= 15 is 0 Å². The first kappa shape index (κ1) is 14.5. The second-order valence-corrected chi connectivity index (χ2v) is 6.24. The molecule has 0 bridgehead atoms. The molecule has 0 unspecified atom stereocenters. The Kier molecular flexibility index (Phi) is 4.06. The summed E-state index contributed by atoms with van der Waals surface area (Å²) in [7, 11) is -3.73. The predicted octanol–water partition coefficient (Wildman–Crippen LogP) is 2.19. The maximum Gasteiger partial charge on any atom is 0.240 e. The fraction of sp³-hybridized carbons (Fsp3) is 0.143. The number of nitrogens with one attached hydrogen (secondary N) is 1. The normalized spacial score (nSPS) is 11.5. The molecule has 4 nitrogen and oxygen atoms in total. The highest BCUT2D eigenvalue weighted by atomic mass is 32.2. The molecular weight excluding hydrogens is 279 g/mol. The lowest BCUT2D eigenvalue weighted by molar-refractivity contribution is 0.576. The van der Waals surface area contributed by atoms with E-state index in [9.17, 15) is 12.8 Å². The average molecular weight is 294 g/mol. The van der Waals surface area contributed by atoms with Crippen LogP contribution in [0.3, 0.4) is 0 Å². The molecule has 0 spiro atoms. The molecule has 0 saturated heterocycles. The molecule has 0 aliphatic heterocycles. The van der Waals surface area contributed by atoms with E-state index in [1.165, 1.54) is 12.1 Å². The van der Waals surface area contributed by atoms with Gasteiger partial charge in [-0.05, 0) is 42.3 Å². The van der Waals surface area contributed by atoms with Crippen molar-refractivity contribution in [3.8, 4) is 0 Å². The predicted molar refractivity (Wildman–Crippen MR) is 76.0 cm³/mol. The number of anilines is 1. The van der Waals surface area contributed by atoms with Gasteiger partial charge in [-0.1, -0.05) is 18.2 Å². The standard InChI is InChI=1S/C14H15FN2O2S/c1-10-2-7-13(8-14(10)15)20(18,19)17-9-11-3-5-12(16)6-4-11/h2-8,17H,9,16H2,1H3. The van der Waals surface area contributed by atoms with Crippen molar-refractivity contribution in [1.29, 1.82) is 0 Å². The number of nitrogen functional groups attached to an aromatic ring is 1. The number of nitrogens with two attached hydrogens (primary N) is 1. The Balaban J connectivity index is 2.14. The SMILES string of the molecule is Cc1ccc(S(=O)(=O)NCc2ccc(N)cc2)cc1F. The summed E-state index contributed by atoms with van der Waals surface area (Å²) in [6.45, 7) is 1.70. The lowest BCUT2D eigenvalue weighted by Crippen LogP contribution is -2.23. The fourth-order valence-electron chi connectivity index (χ4n) is 1.64. The Morgan fingerprint density at radius 1 is 1.15 bits per heavy atom. The van der Waals surface area contributed by atoms with E-state index in [0.29, 0.717) is 11.3 Å². The Morgan fingerprint density at radius 2 is 1.80 bits per heavy atom. The minimum atomic E-state index is -3.73. The average Bonchev–Trinajstić information content (AvgIpc) is 2.41. The Labute approximate surface area is 117 Å². The van der Waals surface area contributed by atoms with E-state index < -0.39 is 15.8 Å². The number of benzene rings is 2. The van der Waals surface area contributed by atoms with Gasteiger partial charge in [-0.3, -0.25) is 0 Å². The number of hydrogen-bond acceptors (Lipinski definition) is 3. The van der Waals surface area contributed by atoms with E-state index in [0.717, 1.165) is 11.6 Å². The van der Waals surface area contributed by atoms with Crippen LogP contribution < -0.4 is 10.5 Å². The van der Waals surface area contributed by atoms with Crippen LogP contribution >= 0.6 is 0 Å². The molecule has 20 heavy (non-hydrogen) atoms. The Hall–Kier alpha value is -1.92. The van der Waals surface area contributed by atoms with Gasteiger partial charge in [0.1, 0.15) is 5.82 Å². The van der Waals surface area contributed by atoms with Crippen LogP contribution in [0.4, 0.5) is 10.1 Å². The quantitative estimate of drug-likeness (QED) is 0.849. The summed E-state index contributed by atoms with van der Waals surface area (Å²) < 4.78 is 39.9. The van der Waals surface area contributed by atoms with E-state index in [2.05, 4.69) is 4.72 Å². The highest BCUT2D eigenvalue weighted by molar-refractivity contribution is 7.89. The van der Waals surface area contributed by atoms with Crippen molar-refractivity contribution in [3.63, 3.8) is 0 Å². The van der Waals surface area contributed by atoms with Crippen LogP contribution in [0.15, 0.2) is 47.4 Å². The van der Waals surface area contributed by atoms with Gasteiger partial charge in [-0.25, -0.2) is 17.5 Å². The molecule has 6 heteroatoms. The molecule has 3 N–H and O–H groups in total. The lowest BCUT2D eigenvalue weighted by atomic mass is 10.2. The largest absolute Gasteiger partial charge is 0.399 e. The van der Waals surface area contributed by atoms with Crippen molar-refractivity contribution in [2.45, 2.75) is 18.4 Å². The maximum absolute atomic E-state index is 13.4. The molecule has 2 aromatic carbocycles. The van der Waals surface area contributed by atoms with E-state index in [1.807, 2.05) is 0 Å². The van der Waals surface area contributed by atoms with E-state index in [1.54, 1.807) is 31.2 Å². The number of rotatable bonds is 4. The first-order chi connectivity index (χ1) is 9.38. The van der Waals surface area contributed by atoms with Crippen molar-refractivity contribution in [2.75, 3.05) is 5.73 Å². The molecule has 106 valence electrons. The van der Waals surface area contributed by atoms with Crippen molar-refractivity contribution in [1.82, 2.24) is 4.72 Å². The van der Waals surface area contributed by atoms with Crippen LogP contribution in [-0.2, 0) is 16.6 Å². The molecular formula is C14H15FN2O2S. The summed E-state index contributed by atoms with van der Waals surface area (Å²) in [5, 5.41) is 0. The van der Waals surface area contributed by atoms with Crippen LogP contribution in [0.25, 0.3) is 0 Å². The molecule has 0 atom stereocenters. The second-order valence-electron chi connectivity index (χ2n) is 4.48. The summed E-state index contributed by atoms with van der Waals surface area (Å²) in [6, 6.07) is 10.7. The minimum Gasteiger partial charge on any atom is -0.399 e. The van der Waals surface area contributed by atoms with Gasteiger partial charge < -0.3 is 5.73 Å². The molecule has 2 aromatic rings. The van der Waals surface area contributed by atoms with Gasteiger partial charge in [-0.2, -0.15) is 0 Å². The lowest BCUT2D eigenvalue weighted by Gasteiger charge is -2.08. The molecule has 0 aliphatic rings. The third kappa shape index (κ3) is 3.34. The highest BCUT2D eigenvalue weighted by Crippen LogP contribution is 2.14. The van der Waals surface area contributed by atoms with Crippen LogP contribution in [0, 0.1) is 12.7 Å². The molecule has 0 radical (unpaired) electrons. The highest BCUT2D eigenvalue weighted by Gasteiger charge is 2.15. The molecule has 0 heterocycles. The first-order valence-electron chi connectivity index (χ1n) is 5.99. The maximum atomic E-state index is 13.4. The van der Waals surface area contributed by atoms with Crippen LogP contribution in [-0.4, -0.2) is 8.42 Å². The number of halogens is 1. The van der Waals surface area contributed by atoms with Gasteiger partial charge in [0.15, 0.2) is 0 Å². The summed E-state index contributed by atoms with van der Waals surface area (Å²) in [4.78, 5) is -0.0870. The first-order valence-corrected chi connectivity index (χ1v) is 7.47. The molecule has 0 aliphatic carbocycles. The molecule has 0 fully saturated rings. The van der Waals surface area contributed by atoms with E-state index in [4.69, 9.17) is 5.73 Å². The van der Waals surface area contributed by atoms with Crippen LogP contribution in [0.2, 0.25) is 0 Å². The van der Waals surface area contributed by atoms with Gasteiger partial charge in [0.25, 0.3) is 0 Å². The molecule has 0 amide bonds. The zero-order chi connectivity index (χ0) is 14.8. The second kappa shape index (κ2) is 5.60. The Bertz CT molecular complexity index is 712. The van der Waals surface area contributed by atoms with Gasteiger partial charge in [0.2, 0.25) is 10.0 Å². The van der Waals surface area contributed by atoms with Gasteiger partial charge in [-0.15, -0.1) is 0 Å². The summed E-state index contributed by atoms with van der Waals surface area (Å²) in [5.41, 5.74) is 7.34. The van der Waals surface area contributed by atoms with Crippen LogP contribution in [0.1, 0.15) is 11.1 Å². The summed E-state index contributed by atoms with van der Waals surface area (Å²) >= 11 is 0. The van der Waals surface area contributed by atoms with Crippen molar-refractivity contribution >= 4 is 15.7 Å². The third-order valence-corrected chi connectivity index (χ3v) is 4.30. The summed E-state index contributed by atoms with van der Waals surface area (Å²) in [5.74, 6) is -0.541. The topological polar surface area (TPSA) is 72.2 Å². The van der Waals surface area contributed by atoms with E-state index in [-0.39, 0.29) is 11.4 Å². The minimum absolute atomic E-state index is 0.0870. The van der Waals surface area contributed by atoms with Gasteiger partial charge in [0.05, 0.1) is 4.90 Å². The smallest absolute Gasteiger partial charge is 0.240 e. The fourth-order valence-corrected chi connectivity index (χ4v) is 2.67.